The molecule has 2 N–H and O–H groups in total. The van der Waals surface area contributed by atoms with Crippen molar-refractivity contribution in [3.8, 4) is 0 Å². The Labute approximate surface area is 124 Å². The quantitative estimate of drug-likeness (QED) is 0.934. The zero-order valence-electron chi connectivity index (χ0n) is 11.5. The van der Waals surface area contributed by atoms with Gasteiger partial charge in [0, 0.05) is 25.0 Å². The van der Waals surface area contributed by atoms with Crippen LogP contribution in [0.2, 0.25) is 0 Å². The van der Waals surface area contributed by atoms with Crippen molar-refractivity contribution in [2.24, 2.45) is 11.1 Å². The number of hydrogen-bond donors (Lipinski definition) is 1. The van der Waals surface area contributed by atoms with E-state index in [2.05, 4.69) is 18.8 Å². The van der Waals surface area contributed by atoms with Crippen LogP contribution in [-0.2, 0) is 6.54 Å². The molecule has 108 valence electrons. The van der Waals surface area contributed by atoms with Gasteiger partial charge in [-0.3, -0.25) is 4.79 Å². The summed E-state index contributed by atoms with van der Waals surface area (Å²) in [6.45, 7) is 6.56. The summed E-state index contributed by atoms with van der Waals surface area (Å²) in [7, 11) is 0. The number of carbonyl (C=O) groups is 1. The molecule has 0 aliphatic carbocycles. The summed E-state index contributed by atoms with van der Waals surface area (Å²) < 4.78 is 0. The van der Waals surface area contributed by atoms with Crippen LogP contribution in [0.1, 0.15) is 48.6 Å². The topological polar surface area (TPSA) is 59.2 Å². The number of halogens is 1. The molecule has 2 heterocycles. The Morgan fingerprint density at radius 1 is 1.63 bits per heavy atom. The predicted molar refractivity (Wildman–Crippen MR) is 80.8 cm³/mol. The average Bonchev–Trinajstić information content (AvgIpc) is 2.86. The molecule has 6 heteroatoms. The Morgan fingerprint density at radius 2 is 2.37 bits per heavy atom. The lowest BCUT2D eigenvalue weighted by Crippen LogP contribution is -2.44. The first-order chi connectivity index (χ1) is 8.58. The number of amides is 1. The number of rotatable bonds is 3. The van der Waals surface area contributed by atoms with Gasteiger partial charge in [0.25, 0.3) is 5.91 Å². The zero-order valence-corrected chi connectivity index (χ0v) is 13.1. The van der Waals surface area contributed by atoms with Crippen molar-refractivity contribution in [1.29, 1.82) is 0 Å². The third kappa shape index (κ3) is 3.68. The lowest BCUT2D eigenvalue weighted by Gasteiger charge is -2.39. The molecule has 1 aliphatic heterocycles. The minimum absolute atomic E-state index is 0. The van der Waals surface area contributed by atoms with Crippen molar-refractivity contribution in [2.75, 3.05) is 13.1 Å². The Kier molecular flexibility index (Phi) is 5.77. The van der Waals surface area contributed by atoms with Crippen molar-refractivity contribution >= 4 is 29.7 Å². The fourth-order valence-corrected chi connectivity index (χ4v) is 3.09. The molecule has 0 spiro atoms. The zero-order chi connectivity index (χ0) is 13.2. The predicted octanol–water partition coefficient (Wildman–Crippen LogP) is 2.68. The molecule has 19 heavy (non-hydrogen) atoms. The number of carbonyl (C=O) groups excluding carboxylic acids is 1. The Morgan fingerprint density at radius 3 is 2.95 bits per heavy atom. The van der Waals surface area contributed by atoms with E-state index in [1.54, 1.807) is 0 Å². The van der Waals surface area contributed by atoms with Gasteiger partial charge in [-0.25, -0.2) is 4.98 Å². The highest BCUT2D eigenvalue weighted by Gasteiger charge is 2.32. The van der Waals surface area contributed by atoms with E-state index < -0.39 is 0 Å². The van der Waals surface area contributed by atoms with Crippen LogP contribution in [0.25, 0.3) is 0 Å². The molecule has 0 radical (unpaired) electrons. The van der Waals surface area contributed by atoms with Crippen molar-refractivity contribution in [3.63, 3.8) is 0 Å². The van der Waals surface area contributed by atoms with E-state index in [4.69, 9.17) is 5.73 Å². The Balaban J connectivity index is 0.00000180. The van der Waals surface area contributed by atoms with Crippen LogP contribution in [0.3, 0.4) is 0 Å². The molecular formula is C13H22ClN3OS. The van der Waals surface area contributed by atoms with E-state index in [0.717, 1.165) is 30.9 Å². The van der Waals surface area contributed by atoms with Crippen LogP contribution < -0.4 is 5.73 Å². The van der Waals surface area contributed by atoms with Gasteiger partial charge in [0.05, 0.1) is 0 Å². The largest absolute Gasteiger partial charge is 0.337 e. The standard InChI is InChI=1S/C13H21N3OS.ClH/c1-3-13(2)5-4-6-16(9-13)12(17)10-8-18-11(7-14)15-10;/h8H,3-7,9,14H2,1-2H3;1H. The normalized spacial score (nSPS) is 23.0. The lowest BCUT2D eigenvalue weighted by molar-refractivity contribution is 0.0538. The molecule has 0 bridgehead atoms. The molecule has 1 aromatic rings. The summed E-state index contributed by atoms with van der Waals surface area (Å²) >= 11 is 1.46. The number of piperidine rings is 1. The van der Waals surface area contributed by atoms with Crippen LogP contribution in [0.4, 0.5) is 0 Å². The summed E-state index contributed by atoms with van der Waals surface area (Å²) in [5, 5.41) is 2.65. The molecule has 1 fully saturated rings. The fourth-order valence-electron chi connectivity index (χ4n) is 2.44. The molecule has 1 aromatic heterocycles. The summed E-state index contributed by atoms with van der Waals surface area (Å²) in [5.41, 5.74) is 6.35. The number of thiazole rings is 1. The van der Waals surface area contributed by atoms with Gasteiger partial charge in [0.1, 0.15) is 10.7 Å². The Hall–Kier alpha value is -0.650. The maximum atomic E-state index is 12.4. The number of nitrogens with zero attached hydrogens (tertiary/aromatic N) is 2. The van der Waals surface area contributed by atoms with E-state index in [-0.39, 0.29) is 23.7 Å². The van der Waals surface area contributed by atoms with Gasteiger partial charge in [-0.1, -0.05) is 13.8 Å². The van der Waals surface area contributed by atoms with Gasteiger partial charge in [-0.15, -0.1) is 23.7 Å². The molecule has 4 nitrogen and oxygen atoms in total. The van der Waals surface area contributed by atoms with Crippen molar-refractivity contribution < 1.29 is 4.79 Å². The lowest BCUT2D eigenvalue weighted by atomic mass is 9.79. The molecule has 2 rings (SSSR count). The van der Waals surface area contributed by atoms with E-state index in [0.29, 0.717) is 12.2 Å². The van der Waals surface area contributed by atoms with E-state index >= 15 is 0 Å². The molecular weight excluding hydrogens is 282 g/mol. The second-order valence-electron chi connectivity index (χ2n) is 5.33. The maximum Gasteiger partial charge on any atom is 0.273 e. The third-order valence-corrected chi connectivity index (χ3v) is 4.74. The van der Waals surface area contributed by atoms with E-state index in [1.807, 2.05) is 10.3 Å². The van der Waals surface area contributed by atoms with Gasteiger partial charge < -0.3 is 10.6 Å². The first-order valence-corrected chi connectivity index (χ1v) is 7.40. The van der Waals surface area contributed by atoms with Crippen LogP contribution in [0, 0.1) is 5.41 Å². The summed E-state index contributed by atoms with van der Waals surface area (Å²) in [5.74, 6) is 0.0605. The fraction of sp³-hybridized carbons (Fsp3) is 0.692. The first kappa shape index (κ1) is 16.4. The Bertz CT molecular complexity index is 437. The van der Waals surface area contributed by atoms with Gasteiger partial charge >= 0.3 is 0 Å². The van der Waals surface area contributed by atoms with Gasteiger partial charge in [-0.05, 0) is 24.7 Å². The molecule has 1 atom stereocenters. The number of nitrogens with two attached hydrogens (primary N) is 1. The maximum absolute atomic E-state index is 12.4. The van der Waals surface area contributed by atoms with Gasteiger partial charge in [0.2, 0.25) is 0 Å². The van der Waals surface area contributed by atoms with Crippen LogP contribution in [0.5, 0.6) is 0 Å². The molecule has 1 saturated heterocycles. The first-order valence-electron chi connectivity index (χ1n) is 6.52. The SMILES string of the molecule is CCC1(C)CCCN(C(=O)c2csc(CN)n2)C1.Cl. The summed E-state index contributed by atoms with van der Waals surface area (Å²) in [4.78, 5) is 18.6. The molecule has 1 aliphatic rings. The highest BCUT2D eigenvalue weighted by atomic mass is 35.5. The molecule has 0 saturated carbocycles. The van der Waals surface area contributed by atoms with Crippen LogP contribution in [0.15, 0.2) is 5.38 Å². The molecule has 1 amide bonds. The second kappa shape index (κ2) is 6.68. The highest BCUT2D eigenvalue weighted by molar-refractivity contribution is 7.09. The van der Waals surface area contributed by atoms with Crippen molar-refractivity contribution in [1.82, 2.24) is 9.88 Å². The molecule has 1 unspecified atom stereocenters. The number of likely N-dealkylation sites (tertiary alicyclic amines) is 1. The highest BCUT2D eigenvalue weighted by Crippen LogP contribution is 2.33. The van der Waals surface area contributed by atoms with Crippen molar-refractivity contribution in [3.05, 3.63) is 16.1 Å². The third-order valence-electron chi connectivity index (χ3n) is 3.87. The average molecular weight is 304 g/mol. The minimum Gasteiger partial charge on any atom is -0.337 e. The smallest absolute Gasteiger partial charge is 0.273 e. The summed E-state index contributed by atoms with van der Waals surface area (Å²) in [6.07, 6.45) is 3.41. The second-order valence-corrected chi connectivity index (χ2v) is 6.27. The van der Waals surface area contributed by atoms with Gasteiger partial charge in [0.15, 0.2) is 0 Å². The van der Waals surface area contributed by atoms with Crippen LogP contribution in [-0.4, -0.2) is 28.9 Å². The summed E-state index contributed by atoms with van der Waals surface area (Å²) in [6, 6.07) is 0. The monoisotopic (exact) mass is 303 g/mol. The van der Waals surface area contributed by atoms with E-state index in [1.165, 1.54) is 17.8 Å². The number of hydrogen-bond acceptors (Lipinski definition) is 4. The minimum atomic E-state index is 0. The molecule has 0 aromatic carbocycles. The van der Waals surface area contributed by atoms with Gasteiger partial charge in [-0.2, -0.15) is 0 Å². The van der Waals surface area contributed by atoms with Crippen LogP contribution >= 0.6 is 23.7 Å². The number of aromatic nitrogens is 1. The van der Waals surface area contributed by atoms with Crippen molar-refractivity contribution in [2.45, 2.75) is 39.7 Å². The van der Waals surface area contributed by atoms with E-state index in [9.17, 15) is 4.79 Å².